The number of esters is 4. The molecule has 4 fully saturated rings. The van der Waals surface area contributed by atoms with Gasteiger partial charge in [0.15, 0.2) is 0 Å². The van der Waals surface area contributed by atoms with Crippen LogP contribution in [-0.4, -0.2) is 96.1 Å². The van der Waals surface area contributed by atoms with Crippen LogP contribution in [0.3, 0.4) is 0 Å². The maximum atomic E-state index is 12.1. The summed E-state index contributed by atoms with van der Waals surface area (Å²) >= 11 is 0. The number of rotatable bonds is 12. The van der Waals surface area contributed by atoms with Gasteiger partial charge in [0.25, 0.3) is 0 Å². The molecule has 0 bridgehead atoms. The standard InChI is InChI=1S/4C15H25NO3.2Rh/c4*1-9(2)11-5-4-10(3)8-13(11)19-15(18)12-6-7-14(17)16-12;;/h4*9-13H,4-8H2,1-3H3,(H,16,17);;/q;;;;2*+2/p-4/t4*10-,11+,12+,13-;;/m1111../s1. The molecule has 2 radical (unpaired) electrons. The van der Waals surface area contributed by atoms with Gasteiger partial charge in [0, 0.05) is 0 Å². The molecule has 0 aromatic carbocycles. The monoisotopic (exact) mass is 1270 g/mol. The molecule has 0 spiro atoms. The first-order valence-corrected chi connectivity index (χ1v) is 29.6. The van der Waals surface area contributed by atoms with Crippen LogP contribution in [0, 0.1) is 71.0 Å². The van der Waals surface area contributed by atoms with E-state index in [9.17, 15) is 39.6 Å². The molecule has 4 heterocycles. The summed E-state index contributed by atoms with van der Waals surface area (Å²) in [6.07, 6.45) is 16.7. The normalized spacial score (nSPS) is 34.4. The minimum Gasteiger partial charge on any atom is -0.862 e. The van der Waals surface area contributed by atoms with Crippen LogP contribution in [-0.2, 0) is 77.1 Å². The Morgan fingerprint density at radius 2 is 0.526 bits per heavy atom. The van der Waals surface area contributed by atoms with Crippen LogP contribution in [0.4, 0.5) is 0 Å². The molecule has 16 nitrogen and oxygen atoms in total. The van der Waals surface area contributed by atoms with E-state index < -0.39 is 24.2 Å². The van der Waals surface area contributed by atoms with Gasteiger partial charge in [-0.3, -0.25) is 20.0 Å². The summed E-state index contributed by atoms with van der Waals surface area (Å²) < 4.78 is 22.7. The minimum atomic E-state index is -0.544. The number of aliphatic imine (C=N–C) groups is 4. The summed E-state index contributed by atoms with van der Waals surface area (Å²) in [5.74, 6) is 4.42. The third-order valence-corrected chi connectivity index (χ3v) is 17.7. The van der Waals surface area contributed by atoms with Gasteiger partial charge in [0.05, 0.1) is 0 Å². The zero-order valence-electron chi connectivity index (χ0n) is 49.0. The number of ether oxygens (including phenoxy) is 4. The fourth-order valence-corrected chi connectivity index (χ4v) is 12.8. The smallest absolute Gasteiger partial charge is 0.862 e. The van der Waals surface area contributed by atoms with E-state index in [0.29, 0.717) is 122 Å². The average molecular weight is 1270 g/mol. The fraction of sp³-hybridized carbons (Fsp3) is 0.867. The van der Waals surface area contributed by atoms with Crippen molar-refractivity contribution < 1.29 is 97.5 Å². The van der Waals surface area contributed by atoms with Gasteiger partial charge in [-0.2, -0.15) is 0 Å². The first kappa shape index (κ1) is 69.3. The molecule has 16 atom stereocenters. The van der Waals surface area contributed by atoms with Crippen molar-refractivity contribution in [3.63, 3.8) is 0 Å². The van der Waals surface area contributed by atoms with Crippen LogP contribution in [0.5, 0.6) is 0 Å². The molecule has 8 rings (SSSR count). The van der Waals surface area contributed by atoms with Gasteiger partial charge < -0.3 is 39.4 Å². The van der Waals surface area contributed by atoms with Crippen molar-refractivity contribution in [2.75, 3.05) is 0 Å². The molecule has 78 heavy (non-hydrogen) atoms. The van der Waals surface area contributed by atoms with Gasteiger partial charge in [-0.25, -0.2) is 19.2 Å². The predicted octanol–water partition coefficient (Wildman–Crippen LogP) is 7.64. The Morgan fingerprint density at radius 1 is 0.346 bits per heavy atom. The van der Waals surface area contributed by atoms with E-state index in [2.05, 4.69) is 103 Å². The maximum absolute atomic E-state index is 12.1. The quantitative estimate of drug-likeness (QED) is 0.104. The van der Waals surface area contributed by atoms with Crippen molar-refractivity contribution in [2.45, 2.75) is 260 Å². The van der Waals surface area contributed by atoms with E-state index >= 15 is 0 Å². The summed E-state index contributed by atoms with van der Waals surface area (Å²) in [4.78, 5) is 63.6. The Kier molecular flexibility index (Phi) is 29.5. The Hall–Kier alpha value is -2.99. The van der Waals surface area contributed by atoms with E-state index in [1.165, 1.54) is 25.7 Å². The Morgan fingerprint density at radius 3 is 0.667 bits per heavy atom. The number of nitrogens with zero attached hydrogens (tertiary/aromatic N) is 4. The molecular weight excluding hydrogens is 1170 g/mol. The third-order valence-electron chi connectivity index (χ3n) is 17.7. The predicted molar refractivity (Wildman–Crippen MR) is 287 cm³/mol. The molecule has 18 heteroatoms. The van der Waals surface area contributed by atoms with Gasteiger partial charge in [0.1, 0.15) is 48.6 Å². The Bertz CT molecular complexity index is 1750. The van der Waals surface area contributed by atoms with Crippen LogP contribution in [0.1, 0.15) is 212 Å². The van der Waals surface area contributed by atoms with Crippen molar-refractivity contribution in [3.05, 3.63) is 0 Å². The zero-order chi connectivity index (χ0) is 56.0. The molecule has 0 N–H and O–H groups in total. The molecule has 0 aromatic rings. The van der Waals surface area contributed by atoms with Gasteiger partial charge in [-0.1, -0.05) is 109 Å². The van der Waals surface area contributed by atoms with Gasteiger partial charge in [-0.05, 0) is 197 Å². The van der Waals surface area contributed by atoms with Gasteiger partial charge in [-0.15, -0.1) is 0 Å². The van der Waals surface area contributed by atoms with Crippen LogP contribution in [0.15, 0.2) is 20.0 Å². The van der Waals surface area contributed by atoms with Crippen LogP contribution in [0.25, 0.3) is 0 Å². The van der Waals surface area contributed by atoms with E-state index in [1.807, 2.05) is 0 Å². The molecule has 8 aliphatic rings. The van der Waals surface area contributed by atoms with Crippen molar-refractivity contribution >= 4 is 47.5 Å². The van der Waals surface area contributed by atoms with Crippen molar-refractivity contribution in [1.29, 1.82) is 0 Å². The second kappa shape index (κ2) is 33.2. The summed E-state index contributed by atoms with van der Waals surface area (Å²) in [5, 5.41) is 44.4. The van der Waals surface area contributed by atoms with E-state index in [-0.39, 0.29) is 111 Å². The SMILES string of the molecule is CC(C)[C@@H]1CC[C@@H](C)C[C@H]1OC(=O)[C@@H]1CCC([O-])=N1.CC(C)[C@@H]1CC[C@@H](C)C[C@H]1OC(=O)[C@@H]1CCC([O-])=N1.CC(C)[C@@H]1CC[C@@H](C)C[C@H]1OC(=O)[C@@H]1CCC([O-])=N1.CC(C)[C@@H]1CC[C@@H](C)C[C@H]1OC(=O)[C@@H]1CCC([O-])=N1.[Rh+2].[Rh+2]. The van der Waals surface area contributed by atoms with Gasteiger partial charge in [0.2, 0.25) is 0 Å². The largest absolute Gasteiger partial charge is 2.00 e. The summed E-state index contributed by atoms with van der Waals surface area (Å²) in [6.45, 7) is 26.3. The van der Waals surface area contributed by atoms with Crippen molar-refractivity contribution in [1.82, 2.24) is 0 Å². The number of hydrogen-bond donors (Lipinski definition) is 0. The van der Waals surface area contributed by atoms with Crippen LogP contribution in [0.2, 0.25) is 0 Å². The summed E-state index contributed by atoms with van der Waals surface area (Å²) in [5.41, 5.74) is 0. The topological polar surface area (TPSA) is 247 Å². The minimum absolute atomic E-state index is 0. The summed E-state index contributed by atoms with van der Waals surface area (Å²) in [7, 11) is 0. The average Bonchev–Trinajstić information content (AvgIpc) is 4.19. The van der Waals surface area contributed by atoms with E-state index in [1.54, 1.807) is 0 Å². The zero-order valence-corrected chi connectivity index (χ0v) is 52.3. The van der Waals surface area contributed by atoms with Crippen LogP contribution < -0.4 is 20.4 Å². The third kappa shape index (κ3) is 21.4. The first-order valence-electron chi connectivity index (χ1n) is 29.6. The molecule has 0 aromatic heterocycles. The molecule has 0 saturated heterocycles. The molecule has 4 aliphatic carbocycles. The first-order chi connectivity index (χ1) is 35.9. The fourth-order valence-electron chi connectivity index (χ4n) is 12.8. The van der Waals surface area contributed by atoms with Gasteiger partial charge >= 0.3 is 62.8 Å². The molecular formula is C60H96N4O12Rh2. The maximum Gasteiger partial charge on any atom is 2.00 e. The number of carbonyl (C=O) groups excluding carboxylic acids is 4. The molecule has 0 unspecified atom stereocenters. The molecule has 4 aliphatic heterocycles. The number of hydrogen-bond acceptors (Lipinski definition) is 16. The van der Waals surface area contributed by atoms with Crippen LogP contribution >= 0.6 is 0 Å². The molecule has 0 amide bonds. The Labute approximate surface area is 493 Å². The number of carbonyl (C=O) groups is 4. The van der Waals surface area contributed by atoms with E-state index in [0.717, 1.165) is 51.4 Å². The molecule has 4 saturated carbocycles. The van der Waals surface area contributed by atoms with E-state index in [4.69, 9.17) is 18.9 Å². The second-order valence-electron chi connectivity index (χ2n) is 25.5. The molecule has 446 valence electrons. The summed E-state index contributed by atoms with van der Waals surface area (Å²) in [6, 6.07) is -2.18. The second-order valence-corrected chi connectivity index (χ2v) is 25.5. The Balaban J connectivity index is 0.000000271. The van der Waals surface area contributed by atoms with Crippen molar-refractivity contribution in [3.8, 4) is 0 Å². The van der Waals surface area contributed by atoms with Crippen molar-refractivity contribution in [2.24, 2.45) is 91.0 Å².